The van der Waals surface area contributed by atoms with Crippen molar-refractivity contribution < 1.29 is 4.79 Å². The molecule has 0 fully saturated rings. The van der Waals surface area contributed by atoms with Gasteiger partial charge in [-0.25, -0.2) is 4.79 Å². The Labute approximate surface area is 109 Å². The highest BCUT2D eigenvalue weighted by Gasteiger charge is 2.08. The Hall–Kier alpha value is -2.01. The largest absolute Gasteiger partial charge is 0.358 e. The standard InChI is InChI=1S/C12H12ClN3O2/c1-14-11(17)8-15-5-6-16(12(15)18)10-4-2-3-9(13)7-10/h2-7H,8H2,1H3,(H,14,17). The molecule has 0 aliphatic carbocycles. The molecule has 1 aromatic carbocycles. The maximum Gasteiger partial charge on any atom is 0.333 e. The SMILES string of the molecule is CNC(=O)Cn1ccn(-c2cccc(Cl)c2)c1=O. The minimum atomic E-state index is -0.277. The summed E-state index contributed by atoms with van der Waals surface area (Å²) in [6.45, 7) is 0.00288. The average Bonchev–Trinajstić information content (AvgIpc) is 2.71. The van der Waals surface area contributed by atoms with Crippen LogP contribution in [-0.2, 0) is 11.3 Å². The third kappa shape index (κ3) is 2.46. The molecule has 0 bridgehead atoms. The molecule has 0 aliphatic rings. The van der Waals surface area contributed by atoms with Crippen molar-refractivity contribution in [2.24, 2.45) is 0 Å². The fourth-order valence-corrected chi connectivity index (χ4v) is 1.77. The van der Waals surface area contributed by atoms with Crippen molar-refractivity contribution in [3.8, 4) is 5.69 Å². The molecule has 5 nitrogen and oxygen atoms in total. The summed E-state index contributed by atoms with van der Waals surface area (Å²) in [4.78, 5) is 23.3. The molecular weight excluding hydrogens is 254 g/mol. The van der Waals surface area contributed by atoms with Crippen molar-refractivity contribution >= 4 is 17.5 Å². The second-order valence-corrected chi connectivity index (χ2v) is 4.17. The van der Waals surface area contributed by atoms with E-state index in [2.05, 4.69) is 5.32 Å². The first-order valence-corrected chi connectivity index (χ1v) is 5.74. The van der Waals surface area contributed by atoms with Gasteiger partial charge in [0, 0.05) is 24.5 Å². The molecule has 0 saturated carbocycles. The lowest BCUT2D eigenvalue weighted by Crippen LogP contribution is -2.30. The molecule has 94 valence electrons. The van der Waals surface area contributed by atoms with E-state index in [0.717, 1.165) is 0 Å². The maximum atomic E-state index is 12.0. The van der Waals surface area contributed by atoms with Gasteiger partial charge in [0.2, 0.25) is 5.91 Å². The zero-order valence-corrected chi connectivity index (χ0v) is 10.5. The van der Waals surface area contributed by atoms with E-state index in [1.807, 2.05) is 0 Å². The maximum absolute atomic E-state index is 12.0. The molecule has 0 aliphatic heterocycles. The highest BCUT2D eigenvalue weighted by atomic mass is 35.5. The minimum Gasteiger partial charge on any atom is -0.358 e. The number of aromatic nitrogens is 2. The van der Waals surface area contributed by atoms with E-state index in [4.69, 9.17) is 11.6 Å². The van der Waals surface area contributed by atoms with E-state index < -0.39 is 0 Å². The van der Waals surface area contributed by atoms with Crippen molar-refractivity contribution in [1.82, 2.24) is 14.5 Å². The lowest BCUT2D eigenvalue weighted by atomic mass is 10.3. The van der Waals surface area contributed by atoms with E-state index in [0.29, 0.717) is 10.7 Å². The zero-order valence-electron chi connectivity index (χ0n) is 9.76. The summed E-state index contributed by atoms with van der Waals surface area (Å²) in [5, 5.41) is 3.02. The first kappa shape index (κ1) is 12.4. The molecule has 0 unspecified atom stereocenters. The minimum absolute atomic E-state index is 0.00288. The monoisotopic (exact) mass is 265 g/mol. The number of carbonyl (C=O) groups excluding carboxylic acids is 1. The molecule has 0 radical (unpaired) electrons. The summed E-state index contributed by atoms with van der Waals surface area (Å²) in [5.74, 6) is -0.221. The lowest BCUT2D eigenvalue weighted by Gasteiger charge is -2.02. The number of likely N-dealkylation sites (N-methyl/N-ethyl adjacent to an activating group) is 1. The molecule has 6 heteroatoms. The Kier molecular flexibility index (Phi) is 3.53. The molecule has 18 heavy (non-hydrogen) atoms. The quantitative estimate of drug-likeness (QED) is 0.902. The van der Waals surface area contributed by atoms with Gasteiger partial charge in [0.1, 0.15) is 6.54 Å². The van der Waals surface area contributed by atoms with Gasteiger partial charge in [0.15, 0.2) is 0 Å². The highest BCUT2D eigenvalue weighted by Crippen LogP contribution is 2.13. The number of carbonyl (C=O) groups is 1. The Bertz CT molecular complexity index is 630. The van der Waals surface area contributed by atoms with E-state index in [9.17, 15) is 9.59 Å². The van der Waals surface area contributed by atoms with Crippen LogP contribution in [0, 0.1) is 0 Å². The summed E-state index contributed by atoms with van der Waals surface area (Å²) in [6.07, 6.45) is 3.18. The van der Waals surface area contributed by atoms with Crippen LogP contribution >= 0.6 is 11.6 Å². The lowest BCUT2D eigenvalue weighted by molar-refractivity contribution is -0.121. The van der Waals surface area contributed by atoms with Gasteiger partial charge in [-0.15, -0.1) is 0 Å². The fourth-order valence-electron chi connectivity index (χ4n) is 1.59. The number of imidazole rings is 1. The predicted molar refractivity (Wildman–Crippen MR) is 69.1 cm³/mol. The van der Waals surface area contributed by atoms with Gasteiger partial charge in [0.25, 0.3) is 0 Å². The predicted octanol–water partition coefficient (Wildman–Crippen LogP) is 1.04. The molecule has 1 aromatic heterocycles. The Morgan fingerprint density at radius 2 is 2.17 bits per heavy atom. The number of halogens is 1. The van der Waals surface area contributed by atoms with Crippen LogP contribution in [0.25, 0.3) is 5.69 Å². The molecule has 0 spiro atoms. The smallest absolute Gasteiger partial charge is 0.333 e. The molecule has 1 N–H and O–H groups in total. The van der Waals surface area contributed by atoms with Crippen molar-refractivity contribution in [2.45, 2.75) is 6.54 Å². The van der Waals surface area contributed by atoms with E-state index in [1.54, 1.807) is 36.7 Å². The van der Waals surface area contributed by atoms with Crippen LogP contribution in [0.4, 0.5) is 0 Å². The summed E-state index contributed by atoms with van der Waals surface area (Å²) < 4.78 is 2.77. The number of hydrogen-bond acceptors (Lipinski definition) is 2. The third-order valence-electron chi connectivity index (χ3n) is 2.53. The first-order valence-electron chi connectivity index (χ1n) is 5.36. The van der Waals surface area contributed by atoms with Crippen molar-refractivity contribution in [2.75, 3.05) is 7.05 Å². The number of benzene rings is 1. The number of amides is 1. The normalized spacial score (nSPS) is 10.3. The van der Waals surface area contributed by atoms with Gasteiger partial charge >= 0.3 is 5.69 Å². The van der Waals surface area contributed by atoms with E-state index in [-0.39, 0.29) is 18.1 Å². The number of hydrogen-bond donors (Lipinski definition) is 1. The van der Waals surface area contributed by atoms with Crippen molar-refractivity contribution in [3.05, 3.63) is 52.2 Å². The van der Waals surface area contributed by atoms with Gasteiger partial charge in [0.05, 0.1) is 5.69 Å². The van der Waals surface area contributed by atoms with Crippen LogP contribution in [-0.4, -0.2) is 22.1 Å². The second kappa shape index (κ2) is 5.10. The third-order valence-corrected chi connectivity index (χ3v) is 2.76. The van der Waals surface area contributed by atoms with Gasteiger partial charge in [-0.3, -0.25) is 13.9 Å². The first-order chi connectivity index (χ1) is 8.61. The molecule has 2 aromatic rings. The number of nitrogens with one attached hydrogen (secondary N) is 1. The Morgan fingerprint density at radius 1 is 1.39 bits per heavy atom. The molecular formula is C12H12ClN3O2. The van der Waals surface area contributed by atoms with Crippen molar-refractivity contribution in [1.29, 1.82) is 0 Å². The van der Waals surface area contributed by atoms with Crippen LogP contribution in [0.1, 0.15) is 0 Å². The number of nitrogens with zero attached hydrogens (tertiary/aromatic N) is 2. The second-order valence-electron chi connectivity index (χ2n) is 3.73. The van der Waals surface area contributed by atoms with Crippen LogP contribution in [0.15, 0.2) is 41.5 Å². The highest BCUT2D eigenvalue weighted by molar-refractivity contribution is 6.30. The summed E-state index contributed by atoms with van der Waals surface area (Å²) in [5.41, 5.74) is 0.393. The summed E-state index contributed by atoms with van der Waals surface area (Å²) in [6, 6.07) is 6.96. The fraction of sp³-hybridized carbons (Fsp3) is 0.167. The van der Waals surface area contributed by atoms with Gasteiger partial charge in [-0.1, -0.05) is 17.7 Å². The summed E-state index contributed by atoms with van der Waals surface area (Å²) in [7, 11) is 1.53. The van der Waals surface area contributed by atoms with Crippen LogP contribution < -0.4 is 11.0 Å². The summed E-state index contributed by atoms with van der Waals surface area (Å²) >= 11 is 5.87. The molecule has 1 heterocycles. The zero-order chi connectivity index (χ0) is 13.1. The Balaban J connectivity index is 2.37. The molecule has 0 atom stereocenters. The van der Waals surface area contributed by atoms with Crippen LogP contribution in [0.5, 0.6) is 0 Å². The topological polar surface area (TPSA) is 56.0 Å². The van der Waals surface area contributed by atoms with Crippen LogP contribution in [0.2, 0.25) is 5.02 Å². The van der Waals surface area contributed by atoms with Gasteiger partial charge in [-0.2, -0.15) is 0 Å². The van der Waals surface area contributed by atoms with Crippen molar-refractivity contribution in [3.63, 3.8) is 0 Å². The van der Waals surface area contributed by atoms with E-state index in [1.165, 1.54) is 16.2 Å². The Morgan fingerprint density at radius 3 is 2.83 bits per heavy atom. The van der Waals surface area contributed by atoms with Crippen LogP contribution in [0.3, 0.4) is 0 Å². The van der Waals surface area contributed by atoms with Gasteiger partial charge in [-0.05, 0) is 18.2 Å². The number of rotatable bonds is 3. The van der Waals surface area contributed by atoms with Gasteiger partial charge < -0.3 is 5.32 Å². The molecule has 1 amide bonds. The average molecular weight is 266 g/mol. The molecule has 2 rings (SSSR count). The van der Waals surface area contributed by atoms with E-state index >= 15 is 0 Å². The molecule has 0 saturated heterocycles.